The van der Waals surface area contributed by atoms with Crippen LogP contribution < -0.4 is 5.73 Å². The lowest BCUT2D eigenvalue weighted by molar-refractivity contribution is 0.288. The molecule has 3 aromatic rings. The molecule has 5 N–H and O–H groups in total. The average molecular weight is 320 g/mol. The fraction of sp³-hybridized carbons (Fsp3) is 0.158. The van der Waals surface area contributed by atoms with E-state index in [-0.39, 0.29) is 6.61 Å². The fourth-order valence-electron chi connectivity index (χ4n) is 2.65. The number of aliphatic hydroxyl groups is 1. The number of nitrogens with one attached hydrogen (secondary N) is 2. The second kappa shape index (κ2) is 7.10. The first-order chi connectivity index (χ1) is 11.7. The Kier molecular flexibility index (Phi) is 4.72. The summed E-state index contributed by atoms with van der Waals surface area (Å²) in [6, 6.07) is 13.8. The topological polar surface area (TPSA) is 98.8 Å². The monoisotopic (exact) mass is 320 g/mol. The van der Waals surface area contributed by atoms with Gasteiger partial charge in [-0.25, -0.2) is 4.98 Å². The van der Waals surface area contributed by atoms with Crippen molar-refractivity contribution in [3.8, 4) is 11.3 Å². The van der Waals surface area contributed by atoms with Crippen LogP contribution in [0.2, 0.25) is 0 Å². The maximum atomic E-state index is 8.87. The lowest BCUT2D eigenvalue weighted by Crippen LogP contribution is -2.04. The van der Waals surface area contributed by atoms with Crippen LogP contribution in [0.25, 0.3) is 22.3 Å². The first-order valence-corrected chi connectivity index (χ1v) is 7.88. The quantitative estimate of drug-likeness (QED) is 0.525. The Morgan fingerprint density at radius 3 is 2.79 bits per heavy atom. The van der Waals surface area contributed by atoms with Crippen LogP contribution in [0, 0.1) is 5.41 Å². The van der Waals surface area contributed by atoms with Crippen molar-refractivity contribution < 1.29 is 5.11 Å². The number of allylic oxidation sites excluding steroid dienone is 2. The SMILES string of the molecule is N=C(/C=C(\N)CCCO)c1ccnc2[nH]c(-c3ccccc3)cc12. The van der Waals surface area contributed by atoms with E-state index < -0.39 is 0 Å². The zero-order valence-corrected chi connectivity index (χ0v) is 13.3. The first-order valence-electron chi connectivity index (χ1n) is 7.88. The molecule has 5 heteroatoms. The predicted octanol–water partition coefficient (Wildman–Crippen LogP) is 3.21. The van der Waals surface area contributed by atoms with E-state index in [9.17, 15) is 0 Å². The van der Waals surface area contributed by atoms with E-state index in [1.54, 1.807) is 12.3 Å². The molecule has 2 aromatic heterocycles. The molecule has 24 heavy (non-hydrogen) atoms. The standard InChI is InChI=1S/C19H20N4O/c20-14(7-4-10-24)11-17(21)15-8-9-22-19-16(15)12-18(23-19)13-5-2-1-3-6-13/h1-3,5-6,8-9,11-12,21,24H,4,7,10,20H2,(H,22,23)/b14-11-,21-17?. The summed E-state index contributed by atoms with van der Waals surface area (Å²) < 4.78 is 0. The normalized spacial score (nSPS) is 11.8. The van der Waals surface area contributed by atoms with Gasteiger partial charge in [0, 0.05) is 35.1 Å². The van der Waals surface area contributed by atoms with Gasteiger partial charge in [0.05, 0.1) is 5.71 Å². The van der Waals surface area contributed by atoms with Crippen molar-refractivity contribution in [2.24, 2.45) is 5.73 Å². The Labute approximate surface area is 140 Å². The van der Waals surface area contributed by atoms with Gasteiger partial charge in [0.25, 0.3) is 0 Å². The zero-order chi connectivity index (χ0) is 16.9. The van der Waals surface area contributed by atoms with Gasteiger partial charge in [0.15, 0.2) is 0 Å². The number of pyridine rings is 1. The van der Waals surface area contributed by atoms with Gasteiger partial charge in [-0.15, -0.1) is 0 Å². The van der Waals surface area contributed by atoms with Crippen LogP contribution in [0.5, 0.6) is 0 Å². The number of aliphatic hydroxyl groups excluding tert-OH is 1. The molecule has 0 radical (unpaired) electrons. The van der Waals surface area contributed by atoms with Crippen LogP contribution in [-0.2, 0) is 0 Å². The number of H-pyrrole nitrogens is 1. The molecule has 0 saturated heterocycles. The molecule has 0 aliphatic rings. The van der Waals surface area contributed by atoms with Crippen molar-refractivity contribution in [2.75, 3.05) is 6.61 Å². The lowest BCUT2D eigenvalue weighted by atomic mass is 10.1. The van der Waals surface area contributed by atoms with Crippen LogP contribution in [0.15, 0.2) is 60.4 Å². The molecule has 5 nitrogen and oxygen atoms in total. The highest BCUT2D eigenvalue weighted by molar-refractivity contribution is 6.14. The number of hydrogen-bond donors (Lipinski definition) is 4. The van der Waals surface area contributed by atoms with Crippen molar-refractivity contribution in [1.29, 1.82) is 5.41 Å². The van der Waals surface area contributed by atoms with Crippen LogP contribution in [-0.4, -0.2) is 27.4 Å². The van der Waals surface area contributed by atoms with Crippen molar-refractivity contribution in [2.45, 2.75) is 12.8 Å². The average Bonchev–Trinajstić information content (AvgIpc) is 3.04. The van der Waals surface area contributed by atoms with Crippen LogP contribution in [0.1, 0.15) is 18.4 Å². The van der Waals surface area contributed by atoms with Gasteiger partial charge >= 0.3 is 0 Å². The molecule has 0 saturated carbocycles. The van der Waals surface area contributed by atoms with Crippen molar-refractivity contribution in [3.05, 3.63) is 66.0 Å². The minimum atomic E-state index is 0.0968. The van der Waals surface area contributed by atoms with Gasteiger partial charge in [-0.05, 0) is 36.6 Å². The fourth-order valence-corrected chi connectivity index (χ4v) is 2.65. The Bertz CT molecular complexity index is 881. The van der Waals surface area contributed by atoms with Crippen molar-refractivity contribution >= 4 is 16.7 Å². The molecule has 0 spiro atoms. The van der Waals surface area contributed by atoms with E-state index in [0.717, 1.165) is 27.9 Å². The molecule has 0 bridgehead atoms. The number of benzene rings is 1. The minimum absolute atomic E-state index is 0.0968. The number of aromatic amines is 1. The highest BCUT2D eigenvalue weighted by Gasteiger charge is 2.10. The van der Waals surface area contributed by atoms with Crippen molar-refractivity contribution in [1.82, 2.24) is 9.97 Å². The van der Waals surface area contributed by atoms with Crippen molar-refractivity contribution in [3.63, 3.8) is 0 Å². The summed E-state index contributed by atoms with van der Waals surface area (Å²) in [5.41, 5.74) is 10.4. The van der Waals surface area contributed by atoms with Gasteiger partial charge in [0.2, 0.25) is 0 Å². The number of aromatic nitrogens is 2. The van der Waals surface area contributed by atoms with Crippen LogP contribution >= 0.6 is 0 Å². The zero-order valence-electron chi connectivity index (χ0n) is 13.3. The smallest absolute Gasteiger partial charge is 0.138 e. The molecule has 2 heterocycles. The number of nitrogens with zero attached hydrogens (tertiary/aromatic N) is 1. The molecular formula is C19H20N4O. The summed E-state index contributed by atoms with van der Waals surface area (Å²) in [7, 11) is 0. The molecule has 0 atom stereocenters. The molecule has 122 valence electrons. The van der Waals surface area contributed by atoms with E-state index in [1.807, 2.05) is 42.5 Å². The number of rotatable bonds is 6. The predicted molar refractivity (Wildman–Crippen MR) is 96.9 cm³/mol. The second-order valence-corrected chi connectivity index (χ2v) is 5.63. The van der Waals surface area contributed by atoms with Crippen LogP contribution in [0.3, 0.4) is 0 Å². The molecule has 0 unspecified atom stereocenters. The lowest BCUT2D eigenvalue weighted by Gasteiger charge is -2.03. The summed E-state index contributed by atoms with van der Waals surface area (Å²) in [5.74, 6) is 0. The van der Waals surface area contributed by atoms with E-state index in [2.05, 4.69) is 9.97 Å². The van der Waals surface area contributed by atoms with Crippen LogP contribution in [0.4, 0.5) is 0 Å². The summed E-state index contributed by atoms with van der Waals surface area (Å²) in [5, 5.41) is 18.1. The highest BCUT2D eigenvalue weighted by atomic mass is 16.2. The summed E-state index contributed by atoms with van der Waals surface area (Å²) in [6.07, 6.45) is 4.52. The Hall–Kier alpha value is -2.92. The third kappa shape index (κ3) is 3.36. The summed E-state index contributed by atoms with van der Waals surface area (Å²) >= 11 is 0. The van der Waals surface area contributed by atoms with Gasteiger partial charge in [-0.2, -0.15) is 0 Å². The van der Waals surface area contributed by atoms with E-state index in [4.69, 9.17) is 16.2 Å². The number of hydrogen-bond acceptors (Lipinski definition) is 4. The maximum absolute atomic E-state index is 8.87. The largest absolute Gasteiger partial charge is 0.402 e. The molecule has 0 aliphatic heterocycles. The molecule has 1 aromatic carbocycles. The third-order valence-electron chi connectivity index (χ3n) is 3.86. The molecule has 0 aliphatic carbocycles. The van der Waals surface area contributed by atoms with E-state index in [1.165, 1.54) is 0 Å². The molecule has 0 fully saturated rings. The molecule has 0 amide bonds. The highest BCUT2D eigenvalue weighted by Crippen LogP contribution is 2.25. The Morgan fingerprint density at radius 2 is 2.04 bits per heavy atom. The Morgan fingerprint density at radius 1 is 1.25 bits per heavy atom. The number of fused-ring (bicyclic) bond motifs is 1. The molecule has 3 rings (SSSR count). The Balaban J connectivity index is 1.97. The van der Waals surface area contributed by atoms with E-state index in [0.29, 0.717) is 24.3 Å². The maximum Gasteiger partial charge on any atom is 0.138 e. The molecular weight excluding hydrogens is 300 g/mol. The van der Waals surface area contributed by atoms with E-state index >= 15 is 0 Å². The summed E-state index contributed by atoms with van der Waals surface area (Å²) in [4.78, 5) is 7.66. The second-order valence-electron chi connectivity index (χ2n) is 5.63. The van der Waals surface area contributed by atoms with Gasteiger partial charge in [0.1, 0.15) is 5.65 Å². The van der Waals surface area contributed by atoms with Gasteiger partial charge in [-0.3, -0.25) is 0 Å². The summed E-state index contributed by atoms with van der Waals surface area (Å²) in [6.45, 7) is 0.0968. The van der Waals surface area contributed by atoms with Gasteiger partial charge in [-0.1, -0.05) is 30.3 Å². The van der Waals surface area contributed by atoms with Gasteiger partial charge < -0.3 is 21.2 Å². The number of nitrogens with two attached hydrogens (primary N) is 1. The minimum Gasteiger partial charge on any atom is -0.402 e. The first kappa shape index (κ1) is 16.0. The third-order valence-corrected chi connectivity index (χ3v) is 3.86.